The maximum atomic E-state index is 3.99. The van der Waals surface area contributed by atoms with Crippen molar-refractivity contribution in [3.8, 4) is 11.8 Å². The second kappa shape index (κ2) is 5.37. The standard InChI is InChI=1S/C18H13N/c1-2-6-18-14-16(4-3-7-17(18)5-1)9-8-15-10-12-19-13-11-15/h1-3,5-7,10-14H,4H2. The molecule has 0 aliphatic heterocycles. The topological polar surface area (TPSA) is 12.9 Å². The van der Waals surface area contributed by atoms with E-state index in [0.717, 1.165) is 17.6 Å². The molecule has 0 saturated carbocycles. The van der Waals surface area contributed by atoms with E-state index >= 15 is 0 Å². The summed E-state index contributed by atoms with van der Waals surface area (Å²) in [7, 11) is 0. The number of rotatable bonds is 0. The van der Waals surface area contributed by atoms with E-state index in [1.807, 2.05) is 12.1 Å². The van der Waals surface area contributed by atoms with Crippen LogP contribution in [-0.4, -0.2) is 4.98 Å². The van der Waals surface area contributed by atoms with E-state index in [1.54, 1.807) is 12.4 Å². The summed E-state index contributed by atoms with van der Waals surface area (Å²) in [6, 6.07) is 12.2. The molecule has 0 radical (unpaired) electrons. The number of allylic oxidation sites excluding steroid dienone is 2. The van der Waals surface area contributed by atoms with Gasteiger partial charge in [-0.15, -0.1) is 0 Å². The zero-order valence-electron chi connectivity index (χ0n) is 10.5. The van der Waals surface area contributed by atoms with Gasteiger partial charge in [0.1, 0.15) is 0 Å². The van der Waals surface area contributed by atoms with Crippen LogP contribution in [0.25, 0.3) is 12.2 Å². The van der Waals surface area contributed by atoms with Crippen molar-refractivity contribution in [1.29, 1.82) is 0 Å². The monoisotopic (exact) mass is 243 g/mol. The van der Waals surface area contributed by atoms with Crippen molar-refractivity contribution in [1.82, 2.24) is 4.98 Å². The zero-order valence-corrected chi connectivity index (χ0v) is 10.5. The SMILES string of the molecule is C(#Cc1ccncc1)C1=Cc2ccccc2C=CC1. The molecule has 1 heteroatoms. The van der Waals surface area contributed by atoms with E-state index in [4.69, 9.17) is 0 Å². The second-order valence-electron chi connectivity index (χ2n) is 4.39. The molecule has 2 aromatic rings. The molecule has 3 rings (SSSR count). The summed E-state index contributed by atoms with van der Waals surface area (Å²) in [6.45, 7) is 0. The van der Waals surface area contributed by atoms with Gasteiger partial charge in [0.05, 0.1) is 0 Å². The number of pyridine rings is 1. The smallest absolute Gasteiger partial charge is 0.0280 e. The molecule has 90 valence electrons. The molecule has 0 atom stereocenters. The third-order valence-electron chi connectivity index (χ3n) is 3.01. The lowest BCUT2D eigenvalue weighted by atomic mass is 10.1. The highest BCUT2D eigenvalue weighted by atomic mass is 14.6. The Balaban J connectivity index is 1.94. The Morgan fingerprint density at radius 2 is 1.68 bits per heavy atom. The third-order valence-corrected chi connectivity index (χ3v) is 3.01. The number of nitrogens with zero attached hydrogens (tertiary/aromatic N) is 1. The van der Waals surface area contributed by atoms with Gasteiger partial charge in [0.2, 0.25) is 0 Å². The van der Waals surface area contributed by atoms with Crippen LogP contribution in [-0.2, 0) is 0 Å². The summed E-state index contributed by atoms with van der Waals surface area (Å²) >= 11 is 0. The summed E-state index contributed by atoms with van der Waals surface area (Å²) in [5.41, 5.74) is 4.62. The second-order valence-corrected chi connectivity index (χ2v) is 4.39. The van der Waals surface area contributed by atoms with E-state index < -0.39 is 0 Å². The summed E-state index contributed by atoms with van der Waals surface area (Å²) in [4.78, 5) is 3.99. The summed E-state index contributed by atoms with van der Waals surface area (Å²) in [6.07, 6.45) is 10.9. The molecule has 0 spiro atoms. The van der Waals surface area contributed by atoms with Crippen LogP contribution in [0.3, 0.4) is 0 Å². The van der Waals surface area contributed by atoms with Gasteiger partial charge in [0.15, 0.2) is 0 Å². The normalized spacial score (nSPS) is 12.7. The number of aromatic nitrogens is 1. The van der Waals surface area contributed by atoms with Crippen molar-refractivity contribution in [3.63, 3.8) is 0 Å². The van der Waals surface area contributed by atoms with E-state index in [1.165, 1.54) is 11.1 Å². The molecular formula is C18H13N. The average Bonchev–Trinajstić information content (AvgIpc) is 2.68. The Morgan fingerprint density at radius 3 is 2.53 bits per heavy atom. The Kier molecular flexibility index (Phi) is 3.25. The van der Waals surface area contributed by atoms with Crippen LogP contribution < -0.4 is 0 Å². The molecule has 0 N–H and O–H groups in total. The Hall–Kier alpha value is -2.59. The number of hydrogen-bond donors (Lipinski definition) is 0. The minimum absolute atomic E-state index is 0.882. The first-order valence-electron chi connectivity index (χ1n) is 6.30. The number of benzene rings is 1. The lowest BCUT2D eigenvalue weighted by Gasteiger charge is -1.98. The first kappa shape index (κ1) is 11.5. The minimum Gasteiger partial charge on any atom is -0.265 e. The fraction of sp³-hybridized carbons (Fsp3) is 0.0556. The van der Waals surface area contributed by atoms with E-state index in [2.05, 4.69) is 59.3 Å². The molecule has 19 heavy (non-hydrogen) atoms. The molecule has 0 amide bonds. The highest BCUT2D eigenvalue weighted by Crippen LogP contribution is 2.20. The van der Waals surface area contributed by atoms with Crippen molar-refractivity contribution in [2.75, 3.05) is 0 Å². The highest BCUT2D eigenvalue weighted by Gasteiger charge is 2.01. The van der Waals surface area contributed by atoms with Crippen LogP contribution in [0.4, 0.5) is 0 Å². The van der Waals surface area contributed by atoms with Crippen LogP contribution in [0.5, 0.6) is 0 Å². The first-order chi connectivity index (χ1) is 9.42. The molecular weight excluding hydrogens is 230 g/mol. The van der Waals surface area contributed by atoms with E-state index in [-0.39, 0.29) is 0 Å². The van der Waals surface area contributed by atoms with Gasteiger partial charge >= 0.3 is 0 Å². The Labute approximate surface area is 113 Å². The maximum Gasteiger partial charge on any atom is 0.0280 e. The lowest BCUT2D eigenvalue weighted by molar-refractivity contribution is 1.32. The molecule has 1 aliphatic rings. The molecule has 0 fully saturated rings. The summed E-state index contributed by atoms with van der Waals surface area (Å²) < 4.78 is 0. The fourth-order valence-electron chi connectivity index (χ4n) is 2.03. The van der Waals surface area contributed by atoms with Crippen molar-refractivity contribution < 1.29 is 0 Å². The molecule has 0 saturated heterocycles. The molecule has 1 aromatic heterocycles. The van der Waals surface area contributed by atoms with Gasteiger partial charge in [0, 0.05) is 23.5 Å². The summed E-state index contributed by atoms with van der Waals surface area (Å²) in [5, 5.41) is 0. The van der Waals surface area contributed by atoms with Crippen LogP contribution in [0, 0.1) is 11.8 Å². The van der Waals surface area contributed by atoms with E-state index in [9.17, 15) is 0 Å². The molecule has 1 nitrogen and oxygen atoms in total. The van der Waals surface area contributed by atoms with Crippen molar-refractivity contribution >= 4 is 12.2 Å². The fourth-order valence-corrected chi connectivity index (χ4v) is 2.03. The van der Waals surface area contributed by atoms with Gasteiger partial charge in [-0.3, -0.25) is 4.98 Å². The quantitative estimate of drug-likeness (QED) is 0.639. The van der Waals surface area contributed by atoms with Crippen LogP contribution in [0.2, 0.25) is 0 Å². The summed E-state index contributed by atoms with van der Waals surface area (Å²) in [5.74, 6) is 6.43. The minimum atomic E-state index is 0.882. The van der Waals surface area contributed by atoms with Gasteiger partial charge in [-0.25, -0.2) is 0 Å². The van der Waals surface area contributed by atoms with Gasteiger partial charge in [-0.05, 0) is 35.8 Å². The highest BCUT2D eigenvalue weighted by molar-refractivity contribution is 5.71. The number of hydrogen-bond acceptors (Lipinski definition) is 1. The molecule has 1 heterocycles. The van der Waals surface area contributed by atoms with Crippen LogP contribution >= 0.6 is 0 Å². The molecule has 0 bridgehead atoms. The van der Waals surface area contributed by atoms with Crippen LogP contribution in [0.15, 0.2) is 60.4 Å². The number of fused-ring (bicyclic) bond motifs is 1. The molecule has 1 aliphatic carbocycles. The third kappa shape index (κ3) is 2.81. The first-order valence-corrected chi connectivity index (χ1v) is 6.30. The van der Waals surface area contributed by atoms with Crippen molar-refractivity contribution in [2.45, 2.75) is 6.42 Å². The van der Waals surface area contributed by atoms with Gasteiger partial charge in [-0.1, -0.05) is 48.3 Å². The lowest BCUT2D eigenvalue weighted by Crippen LogP contribution is -1.80. The van der Waals surface area contributed by atoms with Gasteiger partial charge < -0.3 is 0 Å². The van der Waals surface area contributed by atoms with Gasteiger partial charge in [-0.2, -0.15) is 0 Å². The average molecular weight is 243 g/mol. The van der Waals surface area contributed by atoms with Crippen LogP contribution in [0.1, 0.15) is 23.1 Å². The Morgan fingerprint density at radius 1 is 0.895 bits per heavy atom. The maximum absolute atomic E-state index is 3.99. The predicted octanol–water partition coefficient (Wildman–Crippen LogP) is 3.93. The largest absolute Gasteiger partial charge is 0.265 e. The Bertz CT molecular complexity index is 697. The predicted molar refractivity (Wildman–Crippen MR) is 79.2 cm³/mol. The van der Waals surface area contributed by atoms with Gasteiger partial charge in [0.25, 0.3) is 0 Å². The molecule has 1 aromatic carbocycles. The zero-order chi connectivity index (χ0) is 12.9. The van der Waals surface area contributed by atoms with Crippen molar-refractivity contribution in [2.24, 2.45) is 0 Å². The molecule has 0 unspecified atom stereocenters. The van der Waals surface area contributed by atoms with Crippen molar-refractivity contribution in [3.05, 3.63) is 77.1 Å². The van der Waals surface area contributed by atoms with E-state index in [0.29, 0.717) is 0 Å².